The number of carbonyl (C=O) groups excluding carboxylic acids is 2. The van der Waals surface area contributed by atoms with Crippen LogP contribution in [0.2, 0.25) is 0 Å². The molecular weight excluding hydrogens is 566 g/mol. The first-order valence-corrected chi connectivity index (χ1v) is 13.6. The number of carbonyl (C=O) groups is 2. The maximum absolute atomic E-state index is 13.8. The van der Waals surface area contributed by atoms with Gasteiger partial charge in [0.2, 0.25) is 5.90 Å². The van der Waals surface area contributed by atoms with E-state index in [0.29, 0.717) is 30.9 Å². The van der Waals surface area contributed by atoms with Gasteiger partial charge in [0.25, 0.3) is 5.91 Å². The molecule has 0 unspecified atom stereocenters. The van der Waals surface area contributed by atoms with Gasteiger partial charge in [-0.3, -0.25) is 15.0 Å². The van der Waals surface area contributed by atoms with Gasteiger partial charge in [-0.2, -0.15) is 0 Å². The van der Waals surface area contributed by atoms with Gasteiger partial charge in [0, 0.05) is 36.0 Å². The number of amides is 1. The molecule has 2 aromatic carbocycles. The lowest BCUT2D eigenvalue weighted by molar-refractivity contribution is -0.155. The van der Waals surface area contributed by atoms with Gasteiger partial charge in [0.1, 0.15) is 11.4 Å². The van der Waals surface area contributed by atoms with Crippen molar-refractivity contribution in [2.75, 3.05) is 19.8 Å². The minimum Gasteiger partial charge on any atom is -0.494 e. The number of aliphatic hydroxyl groups is 1. The number of aliphatic hydroxyl groups excluding tert-OH is 1. The Morgan fingerprint density at radius 1 is 1.18 bits per heavy atom. The molecular formula is C29H36BrN3O6. The maximum atomic E-state index is 13.8. The Morgan fingerprint density at radius 3 is 2.49 bits per heavy atom. The Kier molecular flexibility index (Phi) is 10.7. The molecule has 0 aromatic heterocycles. The smallest absolute Gasteiger partial charge is 0.306 e. The SMILES string of the molecule is C=CCNNC(=O)[C@@]1(CCC(=O)OC(C)(C)C)N=C(c2ccc(OCCCO)cc2)O[C@H]1c1ccc(Br)cc1. The molecule has 9 nitrogen and oxygen atoms in total. The molecule has 1 aliphatic rings. The van der Waals surface area contributed by atoms with Crippen molar-refractivity contribution in [3.63, 3.8) is 0 Å². The summed E-state index contributed by atoms with van der Waals surface area (Å²) in [4.78, 5) is 31.3. The lowest BCUT2D eigenvalue weighted by Crippen LogP contribution is -2.53. The first kappa shape index (κ1) is 30.3. The molecule has 39 heavy (non-hydrogen) atoms. The second-order valence-corrected chi connectivity index (χ2v) is 11.0. The Bertz CT molecular complexity index is 1160. The van der Waals surface area contributed by atoms with Crippen LogP contribution in [0, 0.1) is 0 Å². The fourth-order valence-electron chi connectivity index (χ4n) is 4.00. The summed E-state index contributed by atoms with van der Waals surface area (Å²) in [5.41, 5.74) is 4.79. The number of nitrogens with zero attached hydrogens (tertiary/aromatic N) is 1. The molecule has 2 aromatic rings. The fourth-order valence-corrected chi connectivity index (χ4v) is 4.27. The van der Waals surface area contributed by atoms with E-state index in [-0.39, 0.29) is 25.3 Å². The van der Waals surface area contributed by atoms with E-state index in [1.807, 2.05) is 24.3 Å². The third kappa shape index (κ3) is 8.39. The Morgan fingerprint density at radius 2 is 1.87 bits per heavy atom. The molecule has 0 saturated heterocycles. The first-order chi connectivity index (χ1) is 18.6. The van der Waals surface area contributed by atoms with Crippen LogP contribution in [-0.4, -0.2) is 53.8 Å². The highest BCUT2D eigenvalue weighted by molar-refractivity contribution is 9.10. The average molecular weight is 603 g/mol. The minimum atomic E-state index is -1.47. The highest BCUT2D eigenvalue weighted by atomic mass is 79.9. The topological polar surface area (TPSA) is 118 Å². The van der Waals surface area contributed by atoms with E-state index in [1.165, 1.54) is 0 Å². The van der Waals surface area contributed by atoms with E-state index >= 15 is 0 Å². The highest BCUT2D eigenvalue weighted by Crippen LogP contribution is 2.43. The lowest BCUT2D eigenvalue weighted by Gasteiger charge is -2.31. The number of nitrogens with one attached hydrogen (secondary N) is 2. The van der Waals surface area contributed by atoms with Crippen LogP contribution >= 0.6 is 15.9 Å². The van der Waals surface area contributed by atoms with Crippen LogP contribution < -0.4 is 15.6 Å². The van der Waals surface area contributed by atoms with E-state index in [1.54, 1.807) is 51.1 Å². The van der Waals surface area contributed by atoms with Crippen molar-refractivity contribution in [2.24, 2.45) is 4.99 Å². The van der Waals surface area contributed by atoms with Gasteiger partial charge in [0.15, 0.2) is 11.6 Å². The minimum absolute atomic E-state index is 0.0447. The Balaban J connectivity index is 2.00. The van der Waals surface area contributed by atoms with Crippen molar-refractivity contribution in [2.45, 2.75) is 57.3 Å². The van der Waals surface area contributed by atoms with Crippen LogP contribution in [0.5, 0.6) is 5.75 Å². The largest absolute Gasteiger partial charge is 0.494 e. The van der Waals surface area contributed by atoms with Gasteiger partial charge < -0.3 is 19.3 Å². The molecule has 0 fully saturated rings. The van der Waals surface area contributed by atoms with Gasteiger partial charge in [-0.25, -0.2) is 10.4 Å². The Labute approximate surface area is 237 Å². The summed E-state index contributed by atoms with van der Waals surface area (Å²) in [5.74, 6) is 0.0294. The second kappa shape index (κ2) is 13.7. The lowest BCUT2D eigenvalue weighted by atomic mass is 9.83. The van der Waals surface area contributed by atoms with Crippen molar-refractivity contribution in [1.29, 1.82) is 0 Å². The molecule has 0 aliphatic carbocycles. The fraction of sp³-hybridized carbons (Fsp3) is 0.414. The molecule has 210 valence electrons. The molecule has 0 spiro atoms. The van der Waals surface area contributed by atoms with E-state index in [4.69, 9.17) is 24.3 Å². The average Bonchev–Trinajstić information content (AvgIpc) is 3.28. The molecule has 0 bridgehead atoms. The molecule has 3 rings (SSSR count). The Hall–Kier alpha value is -3.21. The molecule has 0 saturated carbocycles. The van der Waals surface area contributed by atoms with E-state index in [2.05, 4.69) is 33.4 Å². The number of hydrazine groups is 1. The number of esters is 1. The van der Waals surface area contributed by atoms with Crippen LogP contribution in [0.4, 0.5) is 0 Å². The summed E-state index contributed by atoms with van der Waals surface area (Å²) in [6.07, 6.45) is 1.34. The zero-order chi connectivity index (χ0) is 28.5. The number of rotatable bonds is 13. The summed E-state index contributed by atoms with van der Waals surface area (Å²) < 4.78 is 18.4. The normalized spacial score (nSPS) is 18.6. The number of hydrogen-bond acceptors (Lipinski definition) is 8. The number of halogens is 1. The van der Waals surface area contributed by atoms with Crippen LogP contribution in [0.1, 0.15) is 57.3 Å². The van der Waals surface area contributed by atoms with Gasteiger partial charge in [-0.05, 0) is 69.2 Å². The second-order valence-electron chi connectivity index (χ2n) is 10.1. The maximum Gasteiger partial charge on any atom is 0.306 e. The molecule has 10 heteroatoms. The van der Waals surface area contributed by atoms with Gasteiger partial charge in [-0.15, -0.1) is 6.58 Å². The van der Waals surface area contributed by atoms with Crippen molar-refractivity contribution in [3.8, 4) is 5.75 Å². The molecule has 1 amide bonds. The third-order valence-electron chi connectivity index (χ3n) is 5.78. The van der Waals surface area contributed by atoms with Crippen molar-refractivity contribution in [1.82, 2.24) is 10.9 Å². The third-order valence-corrected chi connectivity index (χ3v) is 6.31. The molecule has 1 aliphatic heterocycles. The number of benzene rings is 2. The predicted molar refractivity (Wildman–Crippen MR) is 152 cm³/mol. The molecule has 1 heterocycles. The standard InChI is InChI=1S/C29H36BrN3O6/c1-5-17-31-33-27(36)29(16-15-24(35)39-28(2,3)4)25(20-7-11-22(30)12-8-20)38-26(32-29)21-9-13-23(14-10-21)37-19-6-18-34/h5,7-14,25,31,34H,1,6,15-19H2,2-4H3,(H,33,36)/t25-,29-/m0/s1. The summed E-state index contributed by atoms with van der Waals surface area (Å²) >= 11 is 3.45. The van der Waals surface area contributed by atoms with Gasteiger partial charge in [0.05, 0.1) is 6.61 Å². The number of hydrogen-bond donors (Lipinski definition) is 3. The summed E-state index contributed by atoms with van der Waals surface area (Å²) in [7, 11) is 0. The van der Waals surface area contributed by atoms with Crippen LogP contribution in [-0.2, 0) is 19.1 Å². The first-order valence-electron chi connectivity index (χ1n) is 12.8. The number of aliphatic imine (C=N–C) groups is 1. The molecule has 2 atom stereocenters. The summed E-state index contributed by atoms with van der Waals surface area (Å²) in [6, 6.07) is 14.6. The molecule has 3 N–H and O–H groups in total. The van der Waals surface area contributed by atoms with Crippen molar-refractivity contribution < 1.29 is 28.9 Å². The monoisotopic (exact) mass is 601 g/mol. The van der Waals surface area contributed by atoms with Crippen LogP contribution in [0.25, 0.3) is 0 Å². The van der Waals surface area contributed by atoms with E-state index in [9.17, 15) is 9.59 Å². The predicted octanol–water partition coefficient (Wildman–Crippen LogP) is 4.40. The van der Waals surface area contributed by atoms with E-state index < -0.39 is 29.1 Å². The zero-order valence-electron chi connectivity index (χ0n) is 22.5. The highest BCUT2D eigenvalue weighted by Gasteiger charge is 2.53. The molecule has 0 radical (unpaired) electrons. The summed E-state index contributed by atoms with van der Waals surface area (Å²) in [5, 5.41) is 8.98. The number of ether oxygens (including phenoxy) is 3. The van der Waals surface area contributed by atoms with Gasteiger partial charge in [-0.1, -0.05) is 34.1 Å². The van der Waals surface area contributed by atoms with Crippen LogP contribution in [0.3, 0.4) is 0 Å². The van der Waals surface area contributed by atoms with E-state index in [0.717, 1.165) is 10.0 Å². The van der Waals surface area contributed by atoms with Gasteiger partial charge >= 0.3 is 5.97 Å². The quantitative estimate of drug-likeness (QED) is 0.135. The van der Waals surface area contributed by atoms with Crippen molar-refractivity contribution in [3.05, 3.63) is 76.8 Å². The zero-order valence-corrected chi connectivity index (χ0v) is 24.1. The van der Waals surface area contributed by atoms with Crippen molar-refractivity contribution >= 4 is 33.7 Å². The summed E-state index contributed by atoms with van der Waals surface area (Å²) in [6.45, 7) is 9.83. The van der Waals surface area contributed by atoms with Crippen LogP contribution in [0.15, 0.2) is 70.7 Å².